The number of nitrogens with one attached hydrogen (secondary N) is 1. The molecule has 2 saturated heterocycles. The van der Waals surface area contributed by atoms with Gasteiger partial charge in [-0.3, -0.25) is 19.8 Å². The Morgan fingerprint density at radius 3 is 2.37 bits per heavy atom. The molecule has 144 valence electrons. The van der Waals surface area contributed by atoms with Crippen LogP contribution >= 0.6 is 0 Å². The van der Waals surface area contributed by atoms with Crippen molar-refractivity contribution < 1.29 is 4.92 Å². The van der Waals surface area contributed by atoms with Gasteiger partial charge in [0.05, 0.1) is 4.92 Å². The van der Waals surface area contributed by atoms with Crippen LogP contribution in [0.4, 0.5) is 11.5 Å². The number of nitrogens with zero attached hydrogens (tertiary/aromatic N) is 4. The maximum absolute atomic E-state index is 12.1. The van der Waals surface area contributed by atoms with E-state index in [9.17, 15) is 14.9 Å². The lowest BCUT2D eigenvalue weighted by molar-refractivity contribution is -0.386. The maximum atomic E-state index is 12.1. The molecule has 0 radical (unpaired) electrons. The first-order valence-corrected chi connectivity index (χ1v) is 9.80. The number of hydrogen-bond donors (Lipinski definition) is 1. The molecule has 0 bridgehead atoms. The first-order valence-electron chi connectivity index (χ1n) is 9.80. The molecule has 2 aromatic rings. The molecule has 8 heteroatoms. The fourth-order valence-corrected chi connectivity index (χ4v) is 4.13. The third-order valence-corrected chi connectivity index (χ3v) is 5.60. The average molecular weight is 371 g/mol. The molecule has 27 heavy (non-hydrogen) atoms. The van der Waals surface area contributed by atoms with E-state index in [0.717, 1.165) is 56.9 Å². The van der Waals surface area contributed by atoms with Crippen molar-refractivity contribution in [3.8, 4) is 0 Å². The normalized spacial score (nSPS) is 18.7. The molecule has 2 fully saturated rings. The molecule has 1 N–H and O–H groups in total. The van der Waals surface area contributed by atoms with Gasteiger partial charge in [-0.05, 0) is 56.8 Å². The Balaban J connectivity index is 1.80. The first-order chi connectivity index (χ1) is 13.1. The number of piperidine rings is 2. The minimum atomic E-state index is -0.695. The van der Waals surface area contributed by atoms with Crippen molar-refractivity contribution in [3.05, 3.63) is 38.2 Å². The van der Waals surface area contributed by atoms with E-state index in [0.29, 0.717) is 11.0 Å². The van der Waals surface area contributed by atoms with E-state index in [4.69, 9.17) is 0 Å². The molecular formula is C19H25N5O3. The van der Waals surface area contributed by atoms with Gasteiger partial charge >= 0.3 is 11.2 Å². The number of anilines is 1. The van der Waals surface area contributed by atoms with Crippen LogP contribution in [0.3, 0.4) is 0 Å². The second-order valence-corrected chi connectivity index (χ2v) is 7.53. The number of aromatic nitrogens is 2. The molecule has 0 amide bonds. The van der Waals surface area contributed by atoms with E-state index in [1.54, 1.807) is 0 Å². The quantitative estimate of drug-likeness (QED) is 0.656. The predicted octanol–water partition coefficient (Wildman–Crippen LogP) is 2.81. The summed E-state index contributed by atoms with van der Waals surface area (Å²) in [7, 11) is 0. The van der Waals surface area contributed by atoms with Gasteiger partial charge in [-0.2, -0.15) is 0 Å². The van der Waals surface area contributed by atoms with Crippen molar-refractivity contribution in [2.75, 3.05) is 31.1 Å². The number of hydrogen-bond acceptors (Lipinski definition) is 6. The zero-order chi connectivity index (χ0) is 18.8. The molecule has 2 aliphatic rings. The molecule has 0 aliphatic carbocycles. The minimum Gasteiger partial charge on any atom is -0.357 e. The summed E-state index contributed by atoms with van der Waals surface area (Å²) in [6.07, 6.45) is 7.12. The molecule has 4 rings (SSSR count). The number of aromatic amines is 1. The van der Waals surface area contributed by atoms with Gasteiger partial charge in [0.1, 0.15) is 11.5 Å². The van der Waals surface area contributed by atoms with E-state index in [1.165, 1.54) is 31.7 Å². The van der Waals surface area contributed by atoms with Gasteiger partial charge in [0.25, 0.3) is 0 Å². The highest BCUT2D eigenvalue weighted by Gasteiger charge is 2.21. The van der Waals surface area contributed by atoms with Crippen LogP contribution in [-0.2, 0) is 6.54 Å². The van der Waals surface area contributed by atoms with E-state index in [1.807, 2.05) is 0 Å². The average Bonchev–Trinajstić information content (AvgIpc) is 2.68. The third-order valence-electron chi connectivity index (χ3n) is 5.60. The topological polar surface area (TPSA) is 95.4 Å². The summed E-state index contributed by atoms with van der Waals surface area (Å²) < 4.78 is 0. The van der Waals surface area contributed by atoms with Gasteiger partial charge in [0.2, 0.25) is 0 Å². The van der Waals surface area contributed by atoms with E-state index in [2.05, 4.69) is 25.8 Å². The standard InChI is InChI=1S/C19H25N5O3/c25-19-16(24(26)27)12-15-14(13-22-7-3-1-4-8-22)11-17(20-18(15)21-19)23-9-5-2-6-10-23/h11-12H,1-10,13H2,(H,20,21,25). The van der Waals surface area contributed by atoms with Crippen LogP contribution in [0.2, 0.25) is 0 Å². The Kier molecular flexibility index (Phi) is 5.07. The highest BCUT2D eigenvalue weighted by Crippen LogP contribution is 2.27. The lowest BCUT2D eigenvalue weighted by Crippen LogP contribution is -2.31. The highest BCUT2D eigenvalue weighted by molar-refractivity contribution is 5.82. The molecule has 0 saturated carbocycles. The molecule has 8 nitrogen and oxygen atoms in total. The summed E-state index contributed by atoms with van der Waals surface area (Å²) in [5, 5.41) is 11.9. The molecule has 0 atom stereocenters. The van der Waals surface area contributed by atoms with Gasteiger partial charge in [-0.25, -0.2) is 4.98 Å². The smallest absolute Gasteiger partial charge is 0.334 e. The van der Waals surface area contributed by atoms with E-state index < -0.39 is 16.2 Å². The van der Waals surface area contributed by atoms with Crippen LogP contribution < -0.4 is 10.5 Å². The van der Waals surface area contributed by atoms with E-state index in [-0.39, 0.29) is 0 Å². The fraction of sp³-hybridized carbons (Fsp3) is 0.579. The Morgan fingerprint density at radius 1 is 1.04 bits per heavy atom. The fourth-order valence-electron chi connectivity index (χ4n) is 4.13. The van der Waals surface area contributed by atoms with Gasteiger partial charge in [-0.15, -0.1) is 0 Å². The largest absolute Gasteiger partial charge is 0.357 e. The van der Waals surface area contributed by atoms with E-state index >= 15 is 0 Å². The van der Waals surface area contributed by atoms with Crippen molar-refractivity contribution >= 4 is 22.5 Å². The number of nitro groups is 1. The summed E-state index contributed by atoms with van der Waals surface area (Å²) in [6, 6.07) is 3.45. The second kappa shape index (κ2) is 7.64. The molecule has 4 heterocycles. The van der Waals surface area contributed by atoms with Crippen molar-refractivity contribution in [1.29, 1.82) is 0 Å². The number of pyridine rings is 2. The molecule has 0 spiro atoms. The Bertz CT molecular complexity index is 898. The Morgan fingerprint density at radius 2 is 1.70 bits per heavy atom. The van der Waals surface area contributed by atoms with Crippen LogP contribution in [0, 0.1) is 10.1 Å². The van der Waals surface area contributed by atoms with Crippen molar-refractivity contribution in [3.63, 3.8) is 0 Å². The van der Waals surface area contributed by atoms with Gasteiger partial charge in [0, 0.05) is 31.1 Å². The molecular weight excluding hydrogens is 346 g/mol. The second-order valence-electron chi connectivity index (χ2n) is 7.53. The van der Waals surface area contributed by atoms with Crippen LogP contribution in [0.1, 0.15) is 44.1 Å². The summed E-state index contributed by atoms with van der Waals surface area (Å²) in [5.41, 5.74) is 0.331. The number of H-pyrrole nitrogens is 1. The zero-order valence-electron chi connectivity index (χ0n) is 15.4. The highest BCUT2D eigenvalue weighted by atomic mass is 16.6. The summed E-state index contributed by atoms with van der Waals surface area (Å²) in [5.74, 6) is 0.860. The molecule has 2 aromatic heterocycles. The summed E-state index contributed by atoms with van der Waals surface area (Å²) >= 11 is 0. The van der Waals surface area contributed by atoms with Crippen LogP contribution in [0.15, 0.2) is 16.9 Å². The van der Waals surface area contributed by atoms with Crippen molar-refractivity contribution in [1.82, 2.24) is 14.9 Å². The van der Waals surface area contributed by atoms with Gasteiger partial charge in [0.15, 0.2) is 0 Å². The maximum Gasteiger partial charge on any atom is 0.334 e. The van der Waals surface area contributed by atoms with Crippen LogP contribution in [-0.4, -0.2) is 46.0 Å². The summed E-state index contributed by atoms with van der Waals surface area (Å²) in [6.45, 7) is 4.71. The Hall–Kier alpha value is -2.48. The third kappa shape index (κ3) is 3.80. The van der Waals surface area contributed by atoms with Crippen LogP contribution in [0.25, 0.3) is 11.0 Å². The Labute approximate surface area is 157 Å². The van der Waals surface area contributed by atoms with Gasteiger partial charge < -0.3 is 9.88 Å². The number of likely N-dealkylation sites (tertiary alicyclic amines) is 1. The lowest BCUT2D eigenvalue weighted by atomic mass is 10.1. The van der Waals surface area contributed by atoms with Gasteiger partial charge in [-0.1, -0.05) is 6.42 Å². The number of fused-ring (bicyclic) bond motifs is 1. The monoisotopic (exact) mass is 371 g/mol. The zero-order valence-corrected chi connectivity index (χ0v) is 15.4. The molecule has 0 unspecified atom stereocenters. The predicted molar refractivity (Wildman–Crippen MR) is 104 cm³/mol. The minimum absolute atomic E-state index is 0.421. The summed E-state index contributed by atoms with van der Waals surface area (Å²) in [4.78, 5) is 34.6. The van der Waals surface area contributed by atoms with Crippen LogP contribution in [0.5, 0.6) is 0 Å². The lowest BCUT2D eigenvalue weighted by Gasteiger charge is -2.30. The van der Waals surface area contributed by atoms with Crippen molar-refractivity contribution in [2.24, 2.45) is 0 Å². The molecule has 2 aliphatic heterocycles. The van der Waals surface area contributed by atoms with Crippen molar-refractivity contribution in [2.45, 2.75) is 45.1 Å². The number of rotatable bonds is 4. The first kappa shape index (κ1) is 17.9. The SMILES string of the molecule is O=c1[nH]c2nc(N3CCCCC3)cc(CN3CCCCC3)c2cc1[N+](=O)[O-]. The molecule has 0 aromatic carbocycles.